The van der Waals surface area contributed by atoms with E-state index in [4.69, 9.17) is 4.55 Å². The molecular weight excluding hydrogens is 233 g/mol. The topological polar surface area (TPSA) is 97.5 Å². The van der Waals surface area contributed by atoms with E-state index in [2.05, 4.69) is 0 Å². The number of benzene rings is 1. The van der Waals surface area contributed by atoms with Crippen molar-refractivity contribution >= 4 is 45.4 Å². The van der Waals surface area contributed by atoms with E-state index in [1.807, 2.05) is 0 Å². The van der Waals surface area contributed by atoms with Crippen molar-refractivity contribution < 1.29 is 17.9 Å². The van der Waals surface area contributed by atoms with Gasteiger partial charge in [-0.2, -0.15) is 8.42 Å². The molecule has 0 aliphatic rings. The number of nitrogens with zero attached hydrogens (tertiary/aromatic N) is 1. The van der Waals surface area contributed by atoms with Crippen LogP contribution in [0.3, 0.4) is 0 Å². The molecule has 6 nitrogen and oxygen atoms in total. The first kappa shape index (κ1) is 14.5. The summed E-state index contributed by atoms with van der Waals surface area (Å²) in [6.45, 7) is 1.37. The van der Waals surface area contributed by atoms with Gasteiger partial charge in [-0.05, 0) is 18.6 Å². The van der Waals surface area contributed by atoms with E-state index in [0.717, 1.165) is 18.2 Å². The van der Waals surface area contributed by atoms with Crippen LogP contribution in [-0.2, 0) is 10.1 Å². The van der Waals surface area contributed by atoms with Gasteiger partial charge in [-0.25, -0.2) is 0 Å². The van der Waals surface area contributed by atoms with E-state index in [9.17, 15) is 18.5 Å². The molecule has 1 rings (SSSR count). The average molecular weight is 241 g/mol. The van der Waals surface area contributed by atoms with E-state index in [1.165, 1.54) is 6.92 Å². The van der Waals surface area contributed by atoms with Crippen molar-refractivity contribution in [3.05, 3.63) is 33.9 Å². The van der Waals surface area contributed by atoms with Crippen LogP contribution in [0.25, 0.3) is 0 Å². The van der Waals surface area contributed by atoms with Crippen molar-refractivity contribution in [2.75, 3.05) is 0 Å². The molecule has 0 spiro atoms. The molecule has 0 atom stereocenters. The van der Waals surface area contributed by atoms with Gasteiger partial charge in [-0.3, -0.25) is 14.7 Å². The minimum absolute atomic E-state index is 0. The Morgan fingerprint density at radius 1 is 1.40 bits per heavy atom. The van der Waals surface area contributed by atoms with Gasteiger partial charge >= 0.3 is 29.6 Å². The van der Waals surface area contributed by atoms with Crippen molar-refractivity contribution in [3.63, 3.8) is 0 Å². The molecule has 0 saturated carbocycles. The van der Waals surface area contributed by atoms with Gasteiger partial charge in [-0.15, -0.1) is 0 Å². The Bertz CT molecular complexity index is 484. The Labute approximate surface area is 108 Å². The molecule has 78 valence electrons. The summed E-state index contributed by atoms with van der Waals surface area (Å²) in [4.78, 5) is 9.35. The van der Waals surface area contributed by atoms with Crippen LogP contribution in [0, 0.1) is 17.0 Å². The minimum atomic E-state index is -4.30. The molecule has 0 saturated heterocycles. The molecule has 0 aromatic heterocycles. The third-order valence-corrected chi connectivity index (χ3v) is 2.66. The van der Waals surface area contributed by atoms with E-state index in [-0.39, 0.29) is 45.7 Å². The summed E-state index contributed by atoms with van der Waals surface area (Å²) >= 11 is 0. The first-order valence-corrected chi connectivity index (χ1v) is 4.99. The van der Waals surface area contributed by atoms with Crippen LogP contribution in [0.15, 0.2) is 23.1 Å². The molecule has 0 aliphatic carbocycles. The molecule has 0 amide bonds. The Kier molecular flexibility index (Phi) is 4.88. The maximum absolute atomic E-state index is 10.7. The Hall–Kier alpha value is -0.470. The Morgan fingerprint density at radius 2 is 1.93 bits per heavy atom. The SMILES string of the molecule is Cc1cc([N+](=O)[O-])ccc1S(=O)(=O)O.[NaH]. The zero-order valence-corrected chi connectivity index (χ0v) is 7.98. The summed E-state index contributed by atoms with van der Waals surface area (Å²) < 4.78 is 30.1. The van der Waals surface area contributed by atoms with Crippen molar-refractivity contribution in [2.24, 2.45) is 0 Å². The van der Waals surface area contributed by atoms with Crippen molar-refractivity contribution in [1.29, 1.82) is 0 Å². The van der Waals surface area contributed by atoms with E-state index < -0.39 is 15.0 Å². The number of hydrogen-bond donors (Lipinski definition) is 1. The third kappa shape index (κ3) is 3.54. The van der Waals surface area contributed by atoms with Gasteiger partial charge in [0.05, 0.1) is 9.82 Å². The van der Waals surface area contributed by atoms with Gasteiger partial charge in [-0.1, -0.05) is 0 Å². The molecule has 0 heterocycles. The average Bonchev–Trinajstić information content (AvgIpc) is 2.01. The summed E-state index contributed by atoms with van der Waals surface area (Å²) in [5.74, 6) is 0. The monoisotopic (exact) mass is 241 g/mol. The number of non-ortho nitro benzene ring substituents is 1. The molecule has 15 heavy (non-hydrogen) atoms. The second-order valence-corrected chi connectivity index (χ2v) is 4.07. The number of rotatable bonds is 2. The molecule has 0 fully saturated rings. The second kappa shape index (κ2) is 5.04. The van der Waals surface area contributed by atoms with Gasteiger partial charge < -0.3 is 0 Å². The molecule has 0 aliphatic heterocycles. The summed E-state index contributed by atoms with van der Waals surface area (Å²) in [5, 5.41) is 10.3. The molecule has 1 N–H and O–H groups in total. The zero-order chi connectivity index (χ0) is 10.9. The third-order valence-electron chi connectivity index (χ3n) is 1.65. The first-order valence-electron chi connectivity index (χ1n) is 3.55. The second-order valence-electron chi connectivity index (χ2n) is 2.68. The van der Waals surface area contributed by atoms with Crippen LogP contribution in [0.2, 0.25) is 0 Å². The van der Waals surface area contributed by atoms with E-state index in [0.29, 0.717) is 0 Å². The van der Waals surface area contributed by atoms with Crippen molar-refractivity contribution in [1.82, 2.24) is 0 Å². The Morgan fingerprint density at radius 3 is 2.27 bits per heavy atom. The quantitative estimate of drug-likeness (QED) is 0.352. The van der Waals surface area contributed by atoms with E-state index >= 15 is 0 Å². The van der Waals surface area contributed by atoms with Crippen LogP contribution >= 0.6 is 0 Å². The van der Waals surface area contributed by atoms with Crippen molar-refractivity contribution in [3.8, 4) is 0 Å². The molecule has 0 unspecified atom stereocenters. The number of nitro groups is 1. The van der Waals surface area contributed by atoms with Gasteiger partial charge in [0, 0.05) is 12.1 Å². The van der Waals surface area contributed by atoms with E-state index in [1.54, 1.807) is 0 Å². The van der Waals surface area contributed by atoms with Crippen molar-refractivity contribution in [2.45, 2.75) is 11.8 Å². The zero-order valence-electron chi connectivity index (χ0n) is 7.17. The van der Waals surface area contributed by atoms with Gasteiger partial charge in [0.1, 0.15) is 0 Å². The van der Waals surface area contributed by atoms with Gasteiger partial charge in [0.25, 0.3) is 15.8 Å². The maximum atomic E-state index is 10.7. The first-order chi connectivity index (χ1) is 6.32. The summed E-state index contributed by atoms with van der Waals surface area (Å²) in [6, 6.07) is 3.11. The van der Waals surface area contributed by atoms with Crippen LogP contribution in [-0.4, -0.2) is 47.5 Å². The fraction of sp³-hybridized carbons (Fsp3) is 0.143. The number of hydrogen-bond acceptors (Lipinski definition) is 4. The fourth-order valence-electron chi connectivity index (χ4n) is 1.04. The normalized spacial score (nSPS) is 10.5. The van der Waals surface area contributed by atoms with Gasteiger partial charge in [0.2, 0.25) is 0 Å². The van der Waals surface area contributed by atoms with Crippen LogP contribution in [0.5, 0.6) is 0 Å². The summed E-state index contributed by atoms with van der Waals surface area (Å²) in [5.41, 5.74) is -0.0726. The van der Waals surface area contributed by atoms with Crippen LogP contribution < -0.4 is 0 Å². The molecule has 1 aromatic carbocycles. The number of nitro benzene ring substituents is 1. The molecule has 1 aromatic rings. The fourth-order valence-corrected chi connectivity index (χ4v) is 1.74. The standard InChI is InChI=1S/C7H7NO5S.Na.H/c1-5-4-6(8(9)10)2-3-7(5)14(11,12)13;;/h2-4H,1H3,(H,11,12,13);;. The molecular formula is C7H8NNaO5S. The molecule has 8 heteroatoms. The molecule has 0 bridgehead atoms. The summed E-state index contributed by atoms with van der Waals surface area (Å²) in [7, 11) is -4.30. The van der Waals surface area contributed by atoms with Crippen LogP contribution in [0.4, 0.5) is 5.69 Å². The predicted molar refractivity (Wildman–Crippen MR) is 54.8 cm³/mol. The van der Waals surface area contributed by atoms with Gasteiger partial charge in [0.15, 0.2) is 0 Å². The Balaban J connectivity index is 0.00000196. The molecule has 0 radical (unpaired) electrons. The predicted octanol–water partition coefficient (Wildman–Crippen LogP) is 0.501. The summed E-state index contributed by atoms with van der Waals surface area (Å²) in [6.07, 6.45) is 0. The number of aryl methyl sites for hydroxylation is 1. The van der Waals surface area contributed by atoms with Crippen LogP contribution in [0.1, 0.15) is 5.56 Å².